The first-order chi connectivity index (χ1) is 12.7. The molecule has 0 aliphatic rings. The number of imidazole rings is 1. The molecule has 0 atom stereocenters. The average molecular weight is 451 g/mol. The van der Waals surface area contributed by atoms with Crippen molar-refractivity contribution in [2.75, 3.05) is 13.7 Å². The molecule has 3 aromatic heterocycles. The molecule has 1 aromatic carbocycles. The number of thioether (sulfide) groups is 1. The molecule has 0 unspecified atom stereocenters. The van der Waals surface area contributed by atoms with Crippen LogP contribution in [0.1, 0.15) is 5.89 Å². The summed E-state index contributed by atoms with van der Waals surface area (Å²) in [6.45, 7) is 1.38. The van der Waals surface area contributed by atoms with Gasteiger partial charge in [-0.05, 0) is 40.2 Å². The standard InChI is InChI=1S/C17H15BrN4O2S2/c1-23-9-8-22-12-5-3-2-4-11(12)19-17(22)25-10-15-20-21-16(24-15)13-6-7-14(18)26-13/h2-7H,8-10H2,1H3. The Morgan fingerprint density at radius 3 is 2.92 bits per heavy atom. The number of nitrogens with zero attached hydrogens (tertiary/aromatic N) is 4. The Balaban J connectivity index is 1.53. The van der Waals surface area contributed by atoms with Gasteiger partial charge in [-0.1, -0.05) is 23.9 Å². The van der Waals surface area contributed by atoms with E-state index in [2.05, 4.69) is 36.8 Å². The van der Waals surface area contributed by atoms with Gasteiger partial charge in [-0.3, -0.25) is 0 Å². The van der Waals surface area contributed by atoms with E-state index in [0.29, 0.717) is 24.1 Å². The van der Waals surface area contributed by atoms with Crippen molar-refractivity contribution >= 4 is 50.1 Å². The number of hydrogen-bond donors (Lipinski definition) is 0. The quantitative estimate of drug-likeness (QED) is 0.375. The van der Waals surface area contributed by atoms with E-state index in [1.165, 1.54) is 0 Å². The highest BCUT2D eigenvalue weighted by Gasteiger charge is 2.14. The van der Waals surface area contributed by atoms with Crippen LogP contribution in [0.3, 0.4) is 0 Å². The average Bonchev–Trinajstić information content (AvgIpc) is 3.36. The maximum absolute atomic E-state index is 5.78. The van der Waals surface area contributed by atoms with Gasteiger partial charge in [-0.15, -0.1) is 21.5 Å². The third kappa shape index (κ3) is 3.71. The molecule has 0 fully saturated rings. The lowest BCUT2D eigenvalue weighted by atomic mass is 10.3. The van der Waals surface area contributed by atoms with Crippen LogP contribution in [-0.4, -0.2) is 33.5 Å². The number of benzene rings is 1. The molecule has 0 amide bonds. The van der Waals surface area contributed by atoms with E-state index in [-0.39, 0.29) is 0 Å². The minimum Gasteiger partial charge on any atom is -0.419 e. The Hall–Kier alpha value is -1.68. The van der Waals surface area contributed by atoms with Crippen molar-refractivity contribution in [3.05, 3.63) is 46.1 Å². The van der Waals surface area contributed by atoms with Crippen LogP contribution >= 0.6 is 39.0 Å². The maximum atomic E-state index is 5.78. The minimum atomic E-state index is 0.546. The van der Waals surface area contributed by atoms with Crippen LogP contribution in [-0.2, 0) is 17.0 Å². The smallest absolute Gasteiger partial charge is 0.257 e. The molecule has 0 radical (unpaired) electrons. The molecule has 0 saturated heterocycles. The molecule has 0 aliphatic heterocycles. The lowest BCUT2D eigenvalue weighted by Crippen LogP contribution is -2.05. The number of ether oxygens (including phenoxy) is 1. The topological polar surface area (TPSA) is 66.0 Å². The first-order valence-electron chi connectivity index (χ1n) is 7.89. The molecule has 0 N–H and O–H groups in total. The van der Waals surface area contributed by atoms with Crippen LogP contribution in [0, 0.1) is 0 Å². The number of rotatable bonds is 7. The number of halogens is 1. The molecule has 0 spiro atoms. The first-order valence-corrected chi connectivity index (χ1v) is 10.5. The molecule has 9 heteroatoms. The SMILES string of the molecule is COCCn1c(SCc2nnc(-c3ccc(Br)s3)o2)nc2ccccc21. The zero-order valence-corrected chi connectivity index (χ0v) is 17.1. The fourth-order valence-electron chi connectivity index (χ4n) is 2.53. The van der Waals surface area contributed by atoms with E-state index in [4.69, 9.17) is 14.1 Å². The summed E-state index contributed by atoms with van der Waals surface area (Å²) in [5, 5.41) is 9.21. The van der Waals surface area contributed by atoms with Crippen molar-refractivity contribution in [3.8, 4) is 10.8 Å². The summed E-state index contributed by atoms with van der Waals surface area (Å²) in [6.07, 6.45) is 0. The third-order valence-electron chi connectivity index (χ3n) is 3.71. The number of fused-ring (bicyclic) bond motifs is 1. The summed E-state index contributed by atoms with van der Waals surface area (Å²) in [5.41, 5.74) is 2.07. The number of aromatic nitrogens is 4. The molecule has 3 heterocycles. The molecular formula is C17H15BrN4O2S2. The lowest BCUT2D eigenvalue weighted by Gasteiger charge is -2.07. The lowest BCUT2D eigenvalue weighted by molar-refractivity contribution is 0.186. The van der Waals surface area contributed by atoms with Gasteiger partial charge in [0, 0.05) is 13.7 Å². The van der Waals surface area contributed by atoms with Gasteiger partial charge in [0.25, 0.3) is 5.89 Å². The predicted molar refractivity (Wildman–Crippen MR) is 106 cm³/mol. The second-order valence-corrected chi connectivity index (χ2v) is 8.83. The Kier molecular flexibility index (Phi) is 5.39. The van der Waals surface area contributed by atoms with Crippen LogP contribution in [0.2, 0.25) is 0 Å². The summed E-state index contributed by atoms with van der Waals surface area (Å²) >= 11 is 6.60. The zero-order valence-electron chi connectivity index (χ0n) is 13.9. The normalized spacial score (nSPS) is 11.5. The van der Waals surface area contributed by atoms with E-state index in [1.54, 1.807) is 30.2 Å². The van der Waals surface area contributed by atoms with Gasteiger partial charge in [0.05, 0.1) is 32.1 Å². The molecular weight excluding hydrogens is 436 g/mol. The number of hydrogen-bond acceptors (Lipinski definition) is 7. The zero-order chi connectivity index (χ0) is 17.9. The van der Waals surface area contributed by atoms with Gasteiger partial charge in [-0.2, -0.15) is 0 Å². The Labute approximate surface area is 166 Å². The summed E-state index contributed by atoms with van der Waals surface area (Å²) in [6, 6.07) is 12.0. The van der Waals surface area contributed by atoms with Crippen molar-refractivity contribution in [1.29, 1.82) is 0 Å². The molecule has 134 valence electrons. The highest BCUT2D eigenvalue weighted by molar-refractivity contribution is 9.11. The number of methoxy groups -OCH3 is 1. The fourth-order valence-corrected chi connectivity index (χ4v) is 4.71. The van der Waals surface area contributed by atoms with Gasteiger partial charge < -0.3 is 13.7 Å². The Bertz CT molecular complexity index is 1030. The third-order valence-corrected chi connectivity index (χ3v) is 6.29. The van der Waals surface area contributed by atoms with E-state index in [9.17, 15) is 0 Å². The number of para-hydroxylation sites is 2. The van der Waals surface area contributed by atoms with Crippen molar-refractivity contribution in [2.24, 2.45) is 0 Å². The molecule has 0 bridgehead atoms. The summed E-state index contributed by atoms with van der Waals surface area (Å²) in [7, 11) is 1.70. The molecule has 6 nitrogen and oxygen atoms in total. The molecule has 0 saturated carbocycles. The van der Waals surface area contributed by atoms with Crippen LogP contribution in [0.5, 0.6) is 0 Å². The van der Waals surface area contributed by atoms with E-state index in [0.717, 1.165) is 31.4 Å². The van der Waals surface area contributed by atoms with E-state index >= 15 is 0 Å². The Morgan fingerprint density at radius 1 is 1.23 bits per heavy atom. The van der Waals surface area contributed by atoms with Gasteiger partial charge in [0.2, 0.25) is 5.89 Å². The number of thiophene rings is 1. The van der Waals surface area contributed by atoms with Crippen molar-refractivity contribution in [3.63, 3.8) is 0 Å². The van der Waals surface area contributed by atoms with Crippen molar-refractivity contribution in [1.82, 2.24) is 19.7 Å². The van der Waals surface area contributed by atoms with E-state index in [1.807, 2.05) is 30.3 Å². The second-order valence-electron chi connectivity index (χ2n) is 5.42. The van der Waals surface area contributed by atoms with Crippen molar-refractivity contribution < 1.29 is 9.15 Å². The van der Waals surface area contributed by atoms with Gasteiger partial charge in [-0.25, -0.2) is 4.98 Å². The molecule has 4 rings (SSSR count). The Morgan fingerprint density at radius 2 is 2.12 bits per heavy atom. The van der Waals surface area contributed by atoms with Gasteiger partial charge in [0.15, 0.2) is 5.16 Å². The van der Waals surface area contributed by atoms with Gasteiger partial charge >= 0.3 is 0 Å². The van der Waals surface area contributed by atoms with Crippen molar-refractivity contribution in [2.45, 2.75) is 17.5 Å². The second kappa shape index (κ2) is 7.91. The summed E-state index contributed by atoms with van der Waals surface area (Å²) < 4.78 is 14.2. The minimum absolute atomic E-state index is 0.546. The van der Waals surface area contributed by atoms with Crippen LogP contribution in [0.25, 0.3) is 21.8 Å². The summed E-state index contributed by atoms with van der Waals surface area (Å²) in [4.78, 5) is 5.68. The molecule has 0 aliphatic carbocycles. The van der Waals surface area contributed by atoms with Gasteiger partial charge in [0.1, 0.15) is 0 Å². The fraction of sp³-hybridized carbons (Fsp3) is 0.235. The monoisotopic (exact) mass is 450 g/mol. The highest BCUT2D eigenvalue weighted by Crippen LogP contribution is 2.32. The van der Waals surface area contributed by atoms with Crippen LogP contribution < -0.4 is 0 Å². The maximum Gasteiger partial charge on any atom is 0.257 e. The first kappa shape index (κ1) is 17.7. The molecule has 4 aromatic rings. The van der Waals surface area contributed by atoms with E-state index < -0.39 is 0 Å². The largest absolute Gasteiger partial charge is 0.419 e. The summed E-state index contributed by atoms with van der Waals surface area (Å²) in [5.74, 6) is 1.69. The predicted octanol–water partition coefficient (Wildman–Crippen LogP) is 4.85. The highest BCUT2D eigenvalue weighted by atomic mass is 79.9. The van der Waals surface area contributed by atoms with Crippen LogP contribution in [0.4, 0.5) is 0 Å². The van der Waals surface area contributed by atoms with Crippen LogP contribution in [0.15, 0.2) is 49.8 Å². The molecule has 26 heavy (non-hydrogen) atoms.